The first-order valence-corrected chi connectivity index (χ1v) is 7.12. The molecule has 3 aromatic rings. The molecular formula is C15H16N8O. The third-order valence-corrected chi connectivity index (χ3v) is 3.19. The highest BCUT2D eigenvalue weighted by atomic mass is 16.1. The van der Waals surface area contributed by atoms with E-state index in [9.17, 15) is 4.79 Å². The van der Waals surface area contributed by atoms with Crippen LogP contribution in [0.5, 0.6) is 0 Å². The first kappa shape index (κ1) is 15.4. The minimum absolute atomic E-state index is 0.0815. The largest absolute Gasteiger partial charge is 0.382 e. The fraction of sp³-hybridized carbons (Fsp3) is 0.133. The van der Waals surface area contributed by atoms with E-state index in [0.29, 0.717) is 11.6 Å². The standard InChI is InChI=1S/C15H16N8O/c1-22(2)15-19-9-23(21-15)11-5-3-4-10(8-11)20-14(24)12-13(16)18-7-6-17-12/h3-9H,1-2H3,(H2,16,18)(H,20,24). The Morgan fingerprint density at radius 1 is 1.21 bits per heavy atom. The summed E-state index contributed by atoms with van der Waals surface area (Å²) < 4.78 is 1.63. The van der Waals surface area contributed by atoms with E-state index in [0.717, 1.165) is 5.69 Å². The molecule has 2 heterocycles. The molecule has 0 aliphatic rings. The fourth-order valence-electron chi connectivity index (χ4n) is 2.02. The van der Waals surface area contributed by atoms with Gasteiger partial charge in [-0.15, -0.1) is 5.10 Å². The van der Waals surface area contributed by atoms with Crippen molar-refractivity contribution < 1.29 is 4.79 Å². The topological polar surface area (TPSA) is 115 Å². The number of anilines is 3. The molecular weight excluding hydrogens is 308 g/mol. The monoisotopic (exact) mass is 324 g/mol. The highest BCUT2D eigenvalue weighted by Gasteiger charge is 2.13. The first-order chi connectivity index (χ1) is 11.5. The summed E-state index contributed by atoms with van der Waals surface area (Å²) in [5.74, 6) is 0.250. The van der Waals surface area contributed by atoms with Gasteiger partial charge in [0, 0.05) is 32.2 Å². The second-order valence-electron chi connectivity index (χ2n) is 5.18. The molecule has 122 valence electrons. The molecule has 0 spiro atoms. The van der Waals surface area contributed by atoms with E-state index in [1.165, 1.54) is 12.4 Å². The summed E-state index contributed by atoms with van der Waals surface area (Å²) in [6.07, 6.45) is 4.45. The minimum atomic E-state index is -0.426. The lowest BCUT2D eigenvalue weighted by Crippen LogP contribution is -2.16. The van der Waals surface area contributed by atoms with Crippen molar-refractivity contribution >= 4 is 23.4 Å². The Morgan fingerprint density at radius 3 is 2.71 bits per heavy atom. The zero-order valence-electron chi connectivity index (χ0n) is 13.2. The maximum absolute atomic E-state index is 12.2. The molecule has 1 amide bonds. The van der Waals surface area contributed by atoms with Crippen molar-refractivity contribution in [1.82, 2.24) is 24.7 Å². The fourth-order valence-corrected chi connectivity index (χ4v) is 2.02. The molecule has 24 heavy (non-hydrogen) atoms. The Kier molecular flexibility index (Phi) is 4.06. The number of amides is 1. The lowest BCUT2D eigenvalue weighted by atomic mass is 10.2. The Hall–Kier alpha value is -3.49. The van der Waals surface area contributed by atoms with Crippen LogP contribution in [0.4, 0.5) is 17.5 Å². The van der Waals surface area contributed by atoms with Gasteiger partial charge >= 0.3 is 0 Å². The van der Waals surface area contributed by atoms with Crippen molar-refractivity contribution in [3.63, 3.8) is 0 Å². The Bertz CT molecular complexity index is 873. The molecule has 0 saturated carbocycles. The average Bonchev–Trinajstić information content (AvgIpc) is 3.06. The van der Waals surface area contributed by atoms with Crippen LogP contribution >= 0.6 is 0 Å². The van der Waals surface area contributed by atoms with Crippen molar-refractivity contribution in [2.24, 2.45) is 0 Å². The van der Waals surface area contributed by atoms with Gasteiger partial charge in [0.25, 0.3) is 5.91 Å². The van der Waals surface area contributed by atoms with Crippen LogP contribution in [0.1, 0.15) is 10.5 Å². The second-order valence-corrected chi connectivity index (χ2v) is 5.18. The number of hydrogen-bond acceptors (Lipinski definition) is 7. The van der Waals surface area contributed by atoms with Gasteiger partial charge in [-0.1, -0.05) is 6.07 Å². The van der Waals surface area contributed by atoms with Crippen LogP contribution in [-0.2, 0) is 0 Å². The molecule has 0 aliphatic carbocycles. The predicted octanol–water partition coefficient (Wildman–Crippen LogP) is 0.958. The molecule has 0 bridgehead atoms. The molecule has 9 heteroatoms. The molecule has 0 unspecified atom stereocenters. The third kappa shape index (κ3) is 3.14. The van der Waals surface area contributed by atoms with Gasteiger partial charge in [-0.3, -0.25) is 4.79 Å². The number of nitrogens with zero attached hydrogens (tertiary/aromatic N) is 6. The predicted molar refractivity (Wildman–Crippen MR) is 90.1 cm³/mol. The van der Waals surface area contributed by atoms with Gasteiger partial charge in [-0.05, 0) is 18.2 Å². The second kappa shape index (κ2) is 6.32. The molecule has 0 atom stereocenters. The summed E-state index contributed by atoms with van der Waals surface area (Å²) in [6, 6.07) is 7.21. The molecule has 3 N–H and O–H groups in total. The lowest BCUT2D eigenvalue weighted by molar-refractivity contribution is 0.102. The number of carbonyl (C=O) groups is 1. The van der Waals surface area contributed by atoms with Gasteiger partial charge < -0.3 is 16.0 Å². The smallest absolute Gasteiger partial charge is 0.278 e. The number of hydrogen-bond donors (Lipinski definition) is 2. The van der Waals surface area contributed by atoms with Crippen molar-refractivity contribution in [2.75, 3.05) is 30.0 Å². The van der Waals surface area contributed by atoms with E-state index in [4.69, 9.17) is 5.73 Å². The Morgan fingerprint density at radius 2 is 2.00 bits per heavy atom. The summed E-state index contributed by atoms with van der Waals surface area (Å²) in [5, 5.41) is 7.09. The van der Waals surface area contributed by atoms with Crippen molar-refractivity contribution in [3.8, 4) is 5.69 Å². The highest BCUT2D eigenvalue weighted by Crippen LogP contribution is 2.16. The van der Waals surface area contributed by atoms with Gasteiger partial charge in [0.05, 0.1) is 5.69 Å². The van der Waals surface area contributed by atoms with Crippen LogP contribution in [-0.4, -0.2) is 44.7 Å². The Labute approximate surface area is 138 Å². The van der Waals surface area contributed by atoms with E-state index in [1.54, 1.807) is 28.0 Å². The minimum Gasteiger partial charge on any atom is -0.382 e. The van der Waals surface area contributed by atoms with Crippen LogP contribution in [0.15, 0.2) is 43.0 Å². The van der Waals surface area contributed by atoms with E-state index in [2.05, 4.69) is 25.4 Å². The van der Waals surface area contributed by atoms with Gasteiger partial charge in [0.2, 0.25) is 5.95 Å². The SMILES string of the molecule is CN(C)c1ncn(-c2cccc(NC(=O)c3nccnc3N)c2)n1. The van der Waals surface area contributed by atoms with Gasteiger partial charge in [-0.2, -0.15) is 4.98 Å². The first-order valence-electron chi connectivity index (χ1n) is 7.12. The molecule has 9 nitrogen and oxygen atoms in total. The van der Waals surface area contributed by atoms with Crippen molar-refractivity contribution in [3.05, 3.63) is 48.7 Å². The van der Waals surface area contributed by atoms with Crippen LogP contribution < -0.4 is 16.0 Å². The Balaban J connectivity index is 1.83. The normalized spacial score (nSPS) is 10.4. The van der Waals surface area contributed by atoms with Crippen molar-refractivity contribution in [2.45, 2.75) is 0 Å². The number of aromatic nitrogens is 5. The van der Waals surface area contributed by atoms with Crippen LogP contribution in [0, 0.1) is 0 Å². The summed E-state index contributed by atoms with van der Waals surface area (Å²) in [4.78, 5) is 26.0. The number of carbonyl (C=O) groups excluding carboxylic acids is 1. The van der Waals surface area contributed by atoms with E-state index < -0.39 is 5.91 Å². The molecule has 3 rings (SSSR count). The number of nitrogens with two attached hydrogens (primary N) is 1. The zero-order valence-corrected chi connectivity index (χ0v) is 13.2. The summed E-state index contributed by atoms with van der Waals surface area (Å²) >= 11 is 0. The molecule has 0 aliphatic heterocycles. The number of rotatable bonds is 4. The van der Waals surface area contributed by atoms with E-state index >= 15 is 0 Å². The molecule has 1 aromatic carbocycles. The number of nitrogens with one attached hydrogen (secondary N) is 1. The maximum atomic E-state index is 12.2. The molecule has 2 aromatic heterocycles. The quantitative estimate of drug-likeness (QED) is 0.734. The average molecular weight is 324 g/mol. The van der Waals surface area contributed by atoms with E-state index in [1.807, 2.05) is 26.2 Å². The molecule has 0 radical (unpaired) electrons. The molecule has 0 fully saturated rings. The van der Waals surface area contributed by atoms with Crippen LogP contribution in [0.25, 0.3) is 5.69 Å². The lowest BCUT2D eigenvalue weighted by Gasteiger charge is -2.08. The maximum Gasteiger partial charge on any atom is 0.278 e. The zero-order chi connectivity index (χ0) is 17.1. The summed E-state index contributed by atoms with van der Waals surface area (Å²) in [6.45, 7) is 0. The van der Waals surface area contributed by atoms with Gasteiger partial charge in [-0.25, -0.2) is 14.6 Å². The van der Waals surface area contributed by atoms with E-state index in [-0.39, 0.29) is 11.5 Å². The number of nitrogen functional groups attached to an aromatic ring is 1. The van der Waals surface area contributed by atoms with Crippen LogP contribution in [0.3, 0.4) is 0 Å². The highest BCUT2D eigenvalue weighted by molar-refractivity contribution is 6.05. The van der Waals surface area contributed by atoms with Crippen LogP contribution in [0.2, 0.25) is 0 Å². The van der Waals surface area contributed by atoms with Gasteiger partial charge in [0.15, 0.2) is 11.5 Å². The number of benzene rings is 1. The third-order valence-electron chi connectivity index (χ3n) is 3.19. The van der Waals surface area contributed by atoms with Crippen molar-refractivity contribution in [1.29, 1.82) is 0 Å². The van der Waals surface area contributed by atoms with Gasteiger partial charge in [0.1, 0.15) is 6.33 Å². The molecule has 0 saturated heterocycles. The summed E-state index contributed by atoms with van der Waals surface area (Å²) in [7, 11) is 3.73. The summed E-state index contributed by atoms with van der Waals surface area (Å²) in [5.41, 5.74) is 7.10.